The van der Waals surface area contributed by atoms with Gasteiger partial charge in [0.05, 0.1) is 7.11 Å². The molecule has 1 heterocycles. The molecular formula is C21H22N2O2. The highest BCUT2D eigenvalue weighted by Crippen LogP contribution is 2.16. The number of amides is 1. The van der Waals surface area contributed by atoms with Gasteiger partial charge < -0.3 is 10.1 Å². The van der Waals surface area contributed by atoms with E-state index in [4.69, 9.17) is 4.74 Å². The van der Waals surface area contributed by atoms with Crippen molar-refractivity contribution in [2.75, 3.05) is 7.11 Å². The molecule has 0 aliphatic carbocycles. The van der Waals surface area contributed by atoms with Gasteiger partial charge in [0, 0.05) is 6.42 Å². The molecule has 0 unspecified atom stereocenters. The molecule has 128 valence electrons. The number of benzene rings is 2. The van der Waals surface area contributed by atoms with Gasteiger partial charge in [-0.3, -0.25) is 4.79 Å². The highest BCUT2D eigenvalue weighted by molar-refractivity contribution is 6.14. The Balaban J connectivity index is 1.65. The molecule has 0 saturated carbocycles. The fourth-order valence-corrected chi connectivity index (χ4v) is 2.70. The fourth-order valence-electron chi connectivity index (χ4n) is 2.70. The Labute approximate surface area is 148 Å². The Kier molecular flexibility index (Phi) is 5.29. The number of amidine groups is 1. The lowest BCUT2D eigenvalue weighted by Crippen LogP contribution is -2.24. The smallest absolute Gasteiger partial charge is 0.275 e. The number of carbonyl (C=O) groups excluding carboxylic acids is 1. The third kappa shape index (κ3) is 4.35. The predicted molar refractivity (Wildman–Crippen MR) is 101 cm³/mol. The highest BCUT2D eigenvalue weighted by Gasteiger charge is 2.19. The average Bonchev–Trinajstić information content (AvgIpc) is 3.00. The molecule has 0 radical (unpaired) electrons. The summed E-state index contributed by atoms with van der Waals surface area (Å²) in [6.07, 6.45) is 4.35. The second-order valence-corrected chi connectivity index (χ2v) is 5.99. The molecule has 0 aromatic heterocycles. The Morgan fingerprint density at radius 1 is 1.00 bits per heavy atom. The number of ether oxygens (including phenoxy) is 1. The summed E-state index contributed by atoms with van der Waals surface area (Å²) in [5, 5.41) is 2.86. The van der Waals surface area contributed by atoms with Gasteiger partial charge in [-0.25, -0.2) is 4.99 Å². The van der Waals surface area contributed by atoms with E-state index in [1.54, 1.807) is 7.11 Å². The van der Waals surface area contributed by atoms with Crippen LogP contribution in [-0.2, 0) is 17.6 Å². The van der Waals surface area contributed by atoms with Crippen LogP contribution in [0, 0.1) is 0 Å². The third-order valence-electron chi connectivity index (χ3n) is 4.25. The Morgan fingerprint density at radius 2 is 1.68 bits per heavy atom. The van der Waals surface area contributed by atoms with E-state index in [1.165, 1.54) is 11.1 Å². The third-order valence-corrected chi connectivity index (χ3v) is 4.25. The lowest BCUT2D eigenvalue weighted by atomic mass is 10.1. The van der Waals surface area contributed by atoms with E-state index in [9.17, 15) is 4.79 Å². The van der Waals surface area contributed by atoms with E-state index in [1.807, 2.05) is 42.5 Å². The summed E-state index contributed by atoms with van der Waals surface area (Å²) >= 11 is 0. The van der Waals surface area contributed by atoms with Crippen LogP contribution in [0.25, 0.3) is 6.08 Å². The second kappa shape index (κ2) is 7.79. The molecule has 1 amide bonds. The summed E-state index contributed by atoms with van der Waals surface area (Å²) in [7, 11) is 1.65. The fraction of sp³-hybridized carbons (Fsp3) is 0.238. The monoisotopic (exact) mass is 334 g/mol. The van der Waals surface area contributed by atoms with E-state index >= 15 is 0 Å². The molecule has 4 nitrogen and oxygen atoms in total. The first kappa shape index (κ1) is 17.0. The normalized spacial score (nSPS) is 15.2. The largest absolute Gasteiger partial charge is 0.497 e. The van der Waals surface area contributed by atoms with Crippen molar-refractivity contribution in [3.8, 4) is 5.75 Å². The van der Waals surface area contributed by atoms with E-state index < -0.39 is 0 Å². The highest BCUT2D eigenvalue weighted by atomic mass is 16.5. The van der Waals surface area contributed by atoms with Crippen LogP contribution in [0.3, 0.4) is 0 Å². The van der Waals surface area contributed by atoms with Crippen LogP contribution in [0.1, 0.15) is 30.0 Å². The number of hydrogen-bond donors (Lipinski definition) is 1. The Hall–Kier alpha value is -2.88. The average molecular weight is 334 g/mol. The molecule has 0 saturated heterocycles. The molecule has 4 heteroatoms. The van der Waals surface area contributed by atoms with E-state index in [0.29, 0.717) is 12.1 Å². The summed E-state index contributed by atoms with van der Waals surface area (Å²) in [6.45, 7) is 2.12. The van der Waals surface area contributed by atoms with Crippen LogP contribution in [0.5, 0.6) is 5.75 Å². The van der Waals surface area contributed by atoms with Crippen LogP contribution >= 0.6 is 0 Å². The zero-order valence-corrected chi connectivity index (χ0v) is 14.6. The number of nitrogens with zero attached hydrogens (tertiary/aromatic N) is 1. The minimum absolute atomic E-state index is 0.135. The van der Waals surface area contributed by atoms with E-state index in [0.717, 1.165) is 30.0 Å². The lowest BCUT2D eigenvalue weighted by Gasteiger charge is -2.03. The van der Waals surface area contributed by atoms with Gasteiger partial charge in [-0.1, -0.05) is 43.3 Å². The number of nitrogens with one attached hydrogen (secondary N) is 1. The van der Waals surface area contributed by atoms with Gasteiger partial charge in [0.2, 0.25) is 0 Å². The molecule has 1 aliphatic heterocycles. The van der Waals surface area contributed by atoms with Crippen molar-refractivity contribution in [3.05, 3.63) is 70.9 Å². The van der Waals surface area contributed by atoms with Crippen molar-refractivity contribution in [2.24, 2.45) is 4.99 Å². The SMILES string of the molecule is CCc1ccc(/C=C2/N=C(CCc3ccc(OC)cc3)NC2=O)cc1. The van der Waals surface area contributed by atoms with Crippen molar-refractivity contribution < 1.29 is 9.53 Å². The van der Waals surface area contributed by atoms with Gasteiger partial charge in [-0.15, -0.1) is 0 Å². The van der Waals surface area contributed by atoms with Gasteiger partial charge in [0.15, 0.2) is 0 Å². The molecule has 1 aliphatic rings. The van der Waals surface area contributed by atoms with Crippen molar-refractivity contribution in [3.63, 3.8) is 0 Å². The number of methoxy groups -OCH3 is 1. The summed E-state index contributed by atoms with van der Waals surface area (Å²) in [4.78, 5) is 16.5. The van der Waals surface area contributed by atoms with Crippen LogP contribution in [-0.4, -0.2) is 18.9 Å². The minimum atomic E-state index is -0.135. The lowest BCUT2D eigenvalue weighted by molar-refractivity contribution is -0.115. The quantitative estimate of drug-likeness (QED) is 0.818. The zero-order valence-electron chi connectivity index (χ0n) is 14.6. The molecule has 25 heavy (non-hydrogen) atoms. The molecule has 1 N–H and O–H groups in total. The van der Waals surface area contributed by atoms with Crippen molar-refractivity contribution >= 4 is 17.8 Å². The van der Waals surface area contributed by atoms with Gasteiger partial charge in [-0.2, -0.15) is 0 Å². The Morgan fingerprint density at radius 3 is 2.32 bits per heavy atom. The molecule has 2 aromatic rings. The molecule has 0 fully saturated rings. The number of carbonyl (C=O) groups is 1. The first-order valence-corrected chi connectivity index (χ1v) is 8.50. The molecule has 0 spiro atoms. The minimum Gasteiger partial charge on any atom is -0.497 e. The number of aryl methyl sites for hydroxylation is 2. The summed E-state index contributed by atoms with van der Waals surface area (Å²) in [5.41, 5.74) is 3.92. The summed E-state index contributed by atoms with van der Waals surface area (Å²) in [6, 6.07) is 16.1. The summed E-state index contributed by atoms with van der Waals surface area (Å²) < 4.78 is 5.16. The van der Waals surface area contributed by atoms with Crippen LogP contribution < -0.4 is 10.1 Å². The standard InChI is InChI=1S/C21H22N2O2/c1-3-15-4-6-17(7-5-15)14-19-21(24)23-20(22-19)13-10-16-8-11-18(25-2)12-9-16/h4-9,11-12,14H,3,10,13H2,1-2H3,(H,22,23,24)/b19-14+. The first-order chi connectivity index (χ1) is 12.2. The number of rotatable bonds is 6. The maximum absolute atomic E-state index is 12.1. The predicted octanol–water partition coefficient (Wildman–Crippen LogP) is 3.76. The Bertz CT molecular complexity index is 803. The van der Waals surface area contributed by atoms with Crippen molar-refractivity contribution in [1.29, 1.82) is 0 Å². The van der Waals surface area contributed by atoms with Crippen LogP contribution in [0.2, 0.25) is 0 Å². The van der Waals surface area contributed by atoms with E-state index in [2.05, 4.69) is 29.4 Å². The summed E-state index contributed by atoms with van der Waals surface area (Å²) in [5.74, 6) is 1.43. The topological polar surface area (TPSA) is 50.7 Å². The van der Waals surface area contributed by atoms with Gasteiger partial charge in [0.1, 0.15) is 17.3 Å². The molecule has 0 atom stereocenters. The molecule has 0 bridgehead atoms. The number of aliphatic imine (C=N–C) groups is 1. The van der Waals surface area contributed by atoms with Crippen LogP contribution in [0.15, 0.2) is 59.2 Å². The maximum Gasteiger partial charge on any atom is 0.275 e. The zero-order chi connectivity index (χ0) is 17.6. The molecule has 2 aromatic carbocycles. The van der Waals surface area contributed by atoms with Crippen molar-refractivity contribution in [2.45, 2.75) is 26.2 Å². The molecular weight excluding hydrogens is 312 g/mol. The molecule has 3 rings (SSSR count). The van der Waals surface area contributed by atoms with Gasteiger partial charge >= 0.3 is 0 Å². The maximum atomic E-state index is 12.1. The van der Waals surface area contributed by atoms with Crippen molar-refractivity contribution in [1.82, 2.24) is 5.32 Å². The first-order valence-electron chi connectivity index (χ1n) is 8.50. The van der Waals surface area contributed by atoms with E-state index in [-0.39, 0.29) is 5.91 Å². The number of hydrogen-bond acceptors (Lipinski definition) is 3. The van der Waals surface area contributed by atoms with Gasteiger partial charge in [0.25, 0.3) is 5.91 Å². The van der Waals surface area contributed by atoms with Gasteiger partial charge in [-0.05, 0) is 47.7 Å². The second-order valence-electron chi connectivity index (χ2n) is 5.99. The van der Waals surface area contributed by atoms with Crippen LogP contribution in [0.4, 0.5) is 0 Å².